The predicted octanol–water partition coefficient (Wildman–Crippen LogP) is 5.04. The summed E-state index contributed by atoms with van der Waals surface area (Å²) in [7, 11) is 0. The van der Waals surface area contributed by atoms with Crippen LogP contribution in [0.3, 0.4) is 0 Å². The average molecular weight is 350 g/mol. The quantitative estimate of drug-likeness (QED) is 0.769. The Bertz CT molecular complexity index is 580. The van der Waals surface area contributed by atoms with Crippen molar-refractivity contribution in [2.45, 2.75) is 32.7 Å². The van der Waals surface area contributed by atoms with Gasteiger partial charge in [0, 0.05) is 6.04 Å². The Balaban J connectivity index is 2.19. The Hall–Kier alpha value is -1.19. The Morgan fingerprint density at radius 1 is 1.05 bits per heavy atom. The van der Waals surface area contributed by atoms with E-state index in [0.29, 0.717) is 4.47 Å². The summed E-state index contributed by atoms with van der Waals surface area (Å²) >= 11 is 3.20. The van der Waals surface area contributed by atoms with Crippen molar-refractivity contribution in [3.8, 4) is 0 Å². The van der Waals surface area contributed by atoms with Gasteiger partial charge < -0.3 is 5.32 Å². The minimum absolute atomic E-state index is 0.130. The third-order valence-corrected chi connectivity index (χ3v) is 4.31. The number of hydrogen-bond acceptors (Lipinski definition) is 1. The fourth-order valence-corrected chi connectivity index (χ4v) is 2.68. The van der Waals surface area contributed by atoms with Crippen LogP contribution in [0.25, 0.3) is 0 Å². The summed E-state index contributed by atoms with van der Waals surface area (Å²) in [6.07, 6.45) is 1.91. The van der Waals surface area contributed by atoms with Crippen molar-refractivity contribution in [1.29, 1.82) is 0 Å². The molecule has 0 saturated carbocycles. The van der Waals surface area contributed by atoms with E-state index < -0.39 is 0 Å². The molecule has 1 unspecified atom stereocenters. The second-order valence-electron chi connectivity index (χ2n) is 5.16. The number of aryl methyl sites for hydroxylation is 1. The molecule has 0 aliphatic carbocycles. The molecule has 0 bridgehead atoms. The zero-order chi connectivity index (χ0) is 15.2. The second-order valence-corrected chi connectivity index (χ2v) is 6.01. The SMILES string of the molecule is CCNC(Cc1ccc(CC)cc1)c1ccc(Br)c(F)c1. The van der Waals surface area contributed by atoms with Crippen molar-refractivity contribution < 1.29 is 4.39 Å². The number of likely N-dealkylation sites (N-methyl/N-ethyl adjacent to an activating group) is 1. The summed E-state index contributed by atoms with van der Waals surface area (Å²) in [5.74, 6) is -0.211. The molecule has 0 spiro atoms. The fourth-order valence-electron chi connectivity index (χ4n) is 2.43. The van der Waals surface area contributed by atoms with Gasteiger partial charge in [-0.05, 0) is 64.1 Å². The maximum Gasteiger partial charge on any atom is 0.137 e. The molecule has 0 fully saturated rings. The zero-order valence-corrected chi connectivity index (χ0v) is 14.1. The summed E-state index contributed by atoms with van der Waals surface area (Å²) in [5, 5.41) is 3.44. The van der Waals surface area contributed by atoms with Crippen molar-refractivity contribution in [2.75, 3.05) is 6.54 Å². The molecule has 0 aromatic heterocycles. The molecule has 3 heteroatoms. The molecule has 1 N–H and O–H groups in total. The van der Waals surface area contributed by atoms with Crippen LogP contribution >= 0.6 is 15.9 Å². The van der Waals surface area contributed by atoms with E-state index in [2.05, 4.69) is 59.4 Å². The molecule has 0 aliphatic heterocycles. The Labute approximate surface area is 134 Å². The van der Waals surface area contributed by atoms with Crippen LogP contribution in [0.15, 0.2) is 46.9 Å². The van der Waals surface area contributed by atoms with Gasteiger partial charge in [-0.1, -0.05) is 44.2 Å². The Morgan fingerprint density at radius 2 is 1.71 bits per heavy atom. The molecule has 2 rings (SSSR count). The highest BCUT2D eigenvalue weighted by Gasteiger charge is 2.13. The van der Waals surface area contributed by atoms with Crippen molar-refractivity contribution >= 4 is 15.9 Å². The van der Waals surface area contributed by atoms with E-state index in [1.807, 2.05) is 6.07 Å². The molecule has 21 heavy (non-hydrogen) atoms. The first-order valence-electron chi connectivity index (χ1n) is 7.40. The Morgan fingerprint density at radius 3 is 2.29 bits per heavy atom. The van der Waals surface area contributed by atoms with Crippen LogP contribution in [0, 0.1) is 5.82 Å². The predicted molar refractivity (Wildman–Crippen MR) is 90.0 cm³/mol. The van der Waals surface area contributed by atoms with E-state index in [0.717, 1.165) is 24.9 Å². The molecule has 112 valence electrons. The van der Waals surface area contributed by atoms with E-state index in [1.165, 1.54) is 11.1 Å². The lowest BCUT2D eigenvalue weighted by Gasteiger charge is -2.19. The minimum Gasteiger partial charge on any atom is -0.310 e. The van der Waals surface area contributed by atoms with E-state index >= 15 is 0 Å². The van der Waals surface area contributed by atoms with E-state index in [1.54, 1.807) is 12.1 Å². The van der Waals surface area contributed by atoms with Gasteiger partial charge in [-0.3, -0.25) is 0 Å². The monoisotopic (exact) mass is 349 g/mol. The highest BCUT2D eigenvalue weighted by atomic mass is 79.9. The standard InChI is InChI=1S/C18H21BrFN/c1-3-13-5-7-14(8-6-13)11-18(21-4-2)15-9-10-16(19)17(20)12-15/h5-10,12,18,21H,3-4,11H2,1-2H3. The van der Waals surface area contributed by atoms with Gasteiger partial charge in [-0.25, -0.2) is 4.39 Å². The first-order valence-corrected chi connectivity index (χ1v) is 8.19. The highest BCUT2D eigenvalue weighted by Crippen LogP contribution is 2.23. The smallest absolute Gasteiger partial charge is 0.137 e. The van der Waals surface area contributed by atoms with Crippen LogP contribution in [0.5, 0.6) is 0 Å². The first-order chi connectivity index (χ1) is 10.1. The molecule has 0 heterocycles. The summed E-state index contributed by atoms with van der Waals surface area (Å²) in [4.78, 5) is 0. The number of nitrogens with one attached hydrogen (secondary N) is 1. The molecule has 1 nitrogen and oxygen atoms in total. The van der Waals surface area contributed by atoms with Crippen LogP contribution < -0.4 is 5.32 Å². The third-order valence-electron chi connectivity index (χ3n) is 3.67. The topological polar surface area (TPSA) is 12.0 Å². The van der Waals surface area contributed by atoms with Crippen LogP contribution in [0.1, 0.15) is 36.6 Å². The molecule has 2 aromatic rings. The summed E-state index contributed by atoms with van der Waals surface area (Å²) < 4.78 is 14.3. The second kappa shape index (κ2) is 7.71. The van der Waals surface area contributed by atoms with Gasteiger partial charge in [-0.15, -0.1) is 0 Å². The van der Waals surface area contributed by atoms with E-state index in [-0.39, 0.29) is 11.9 Å². The molecule has 0 aliphatic rings. The maximum atomic E-state index is 13.7. The third kappa shape index (κ3) is 4.39. The molecule has 2 aromatic carbocycles. The molecule has 0 amide bonds. The van der Waals surface area contributed by atoms with Crippen LogP contribution in [0.2, 0.25) is 0 Å². The fraction of sp³-hybridized carbons (Fsp3) is 0.333. The maximum absolute atomic E-state index is 13.7. The lowest BCUT2D eigenvalue weighted by atomic mass is 9.97. The number of benzene rings is 2. The van der Waals surface area contributed by atoms with Gasteiger partial charge in [0.1, 0.15) is 5.82 Å². The van der Waals surface area contributed by atoms with Crippen molar-refractivity contribution in [2.24, 2.45) is 0 Å². The molecular formula is C18H21BrFN. The summed E-state index contributed by atoms with van der Waals surface area (Å²) in [6, 6.07) is 14.1. The molecule has 0 radical (unpaired) electrons. The zero-order valence-electron chi connectivity index (χ0n) is 12.5. The van der Waals surface area contributed by atoms with Crippen molar-refractivity contribution in [3.05, 3.63) is 69.4 Å². The normalized spacial score (nSPS) is 12.4. The molecular weight excluding hydrogens is 329 g/mol. The lowest BCUT2D eigenvalue weighted by molar-refractivity contribution is 0.542. The first kappa shape index (κ1) is 16.2. The van der Waals surface area contributed by atoms with Gasteiger partial charge in [0.25, 0.3) is 0 Å². The number of hydrogen-bond donors (Lipinski definition) is 1. The van der Waals surface area contributed by atoms with Crippen LogP contribution in [0.4, 0.5) is 4.39 Å². The van der Waals surface area contributed by atoms with Gasteiger partial charge in [0.15, 0.2) is 0 Å². The molecule has 1 atom stereocenters. The van der Waals surface area contributed by atoms with E-state index in [4.69, 9.17) is 0 Å². The summed E-state index contributed by atoms with van der Waals surface area (Å²) in [5.41, 5.74) is 3.59. The molecule has 0 saturated heterocycles. The van der Waals surface area contributed by atoms with Crippen LogP contribution in [-0.4, -0.2) is 6.54 Å². The van der Waals surface area contributed by atoms with Gasteiger partial charge in [0.05, 0.1) is 4.47 Å². The van der Waals surface area contributed by atoms with Crippen LogP contribution in [-0.2, 0) is 12.8 Å². The van der Waals surface area contributed by atoms with Gasteiger partial charge in [-0.2, -0.15) is 0 Å². The lowest BCUT2D eigenvalue weighted by Crippen LogP contribution is -2.23. The summed E-state index contributed by atoms with van der Waals surface area (Å²) in [6.45, 7) is 5.08. The van der Waals surface area contributed by atoms with Crippen molar-refractivity contribution in [1.82, 2.24) is 5.32 Å². The van der Waals surface area contributed by atoms with Crippen molar-refractivity contribution in [3.63, 3.8) is 0 Å². The minimum atomic E-state index is -0.211. The Kier molecular flexibility index (Phi) is 5.95. The largest absolute Gasteiger partial charge is 0.310 e. The number of halogens is 2. The number of rotatable bonds is 6. The van der Waals surface area contributed by atoms with Gasteiger partial charge >= 0.3 is 0 Å². The highest BCUT2D eigenvalue weighted by molar-refractivity contribution is 9.10. The average Bonchev–Trinajstić information content (AvgIpc) is 2.50. The van der Waals surface area contributed by atoms with E-state index in [9.17, 15) is 4.39 Å². The van der Waals surface area contributed by atoms with Gasteiger partial charge in [0.2, 0.25) is 0 Å².